The second-order valence-corrected chi connectivity index (χ2v) is 6.49. The van der Waals surface area contributed by atoms with Gasteiger partial charge in [-0.3, -0.25) is 9.59 Å². The molecule has 6 heteroatoms. The minimum absolute atomic E-state index is 0.141. The maximum absolute atomic E-state index is 12.5. The Morgan fingerprint density at radius 3 is 2.81 bits per heavy atom. The van der Waals surface area contributed by atoms with E-state index >= 15 is 0 Å². The molecule has 2 aliphatic heterocycles. The molecule has 0 radical (unpaired) electrons. The van der Waals surface area contributed by atoms with E-state index in [9.17, 15) is 9.59 Å². The first-order valence-electron chi connectivity index (χ1n) is 8.72. The van der Waals surface area contributed by atoms with Crippen LogP contribution >= 0.6 is 0 Å². The fourth-order valence-electron chi connectivity index (χ4n) is 3.24. The lowest BCUT2D eigenvalue weighted by atomic mass is 10.1. The van der Waals surface area contributed by atoms with E-state index in [1.807, 2.05) is 41.3 Å². The summed E-state index contributed by atoms with van der Waals surface area (Å²) in [6, 6.07) is 13.1. The Morgan fingerprint density at radius 1 is 1.08 bits per heavy atom. The van der Waals surface area contributed by atoms with E-state index in [1.54, 1.807) is 6.07 Å². The standard InChI is InChI=1S/C20H20N2O4/c23-19-5-2-8-22(19)12-15-3-1-4-16(9-15)20(24)21-11-14-6-7-17-18(10-14)26-13-25-17/h1,3-4,6-7,9-10H,2,5,8,11-13H2,(H,21,24). The number of hydrogen-bond acceptors (Lipinski definition) is 4. The van der Waals surface area contributed by atoms with E-state index < -0.39 is 0 Å². The lowest BCUT2D eigenvalue weighted by Gasteiger charge is -2.16. The molecule has 2 amide bonds. The molecule has 26 heavy (non-hydrogen) atoms. The van der Waals surface area contributed by atoms with Crippen molar-refractivity contribution in [1.29, 1.82) is 0 Å². The number of hydrogen-bond donors (Lipinski definition) is 1. The van der Waals surface area contributed by atoms with Crippen molar-refractivity contribution in [2.24, 2.45) is 0 Å². The Morgan fingerprint density at radius 2 is 1.96 bits per heavy atom. The Balaban J connectivity index is 1.38. The van der Waals surface area contributed by atoms with Gasteiger partial charge in [0.1, 0.15) is 0 Å². The molecule has 0 unspecified atom stereocenters. The van der Waals surface area contributed by atoms with Crippen molar-refractivity contribution < 1.29 is 19.1 Å². The van der Waals surface area contributed by atoms with Crippen molar-refractivity contribution in [2.45, 2.75) is 25.9 Å². The number of benzene rings is 2. The van der Waals surface area contributed by atoms with Gasteiger partial charge in [-0.2, -0.15) is 0 Å². The zero-order valence-corrected chi connectivity index (χ0v) is 14.4. The van der Waals surface area contributed by atoms with Gasteiger partial charge in [0.05, 0.1) is 0 Å². The number of ether oxygens (including phenoxy) is 2. The minimum atomic E-state index is -0.141. The van der Waals surface area contributed by atoms with E-state index in [2.05, 4.69) is 5.32 Å². The van der Waals surface area contributed by atoms with Crippen molar-refractivity contribution in [3.05, 3.63) is 59.2 Å². The van der Waals surface area contributed by atoms with Crippen LogP contribution in [-0.2, 0) is 17.9 Å². The van der Waals surface area contributed by atoms with Gasteiger partial charge in [-0.15, -0.1) is 0 Å². The molecule has 6 nitrogen and oxygen atoms in total. The number of rotatable bonds is 5. The summed E-state index contributed by atoms with van der Waals surface area (Å²) in [4.78, 5) is 26.1. The fourth-order valence-corrected chi connectivity index (χ4v) is 3.24. The molecule has 1 fully saturated rings. The molecule has 4 rings (SSSR count). The fraction of sp³-hybridized carbons (Fsp3) is 0.300. The normalized spacial score (nSPS) is 15.4. The Kier molecular flexibility index (Phi) is 4.48. The van der Waals surface area contributed by atoms with Crippen molar-refractivity contribution in [3.63, 3.8) is 0 Å². The molecule has 2 aromatic carbocycles. The molecular weight excluding hydrogens is 332 g/mol. The Hall–Kier alpha value is -3.02. The van der Waals surface area contributed by atoms with Crippen LogP contribution in [0.1, 0.15) is 34.3 Å². The average Bonchev–Trinajstić information content (AvgIpc) is 3.28. The second kappa shape index (κ2) is 7.07. The molecule has 2 heterocycles. The van der Waals surface area contributed by atoms with Crippen molar-refractivity contribution >= 4 is 11.8 Å². The molecule has 1 N–H and O–H groups in total. The average molecular weight is 352 g/mol. The zero-order valence-electron chi connectivity index (χ0n) is 14.4. The maximum Gasteiger partial charge on any atom is 0.251 e. The third-order valence-electron chi connectivity index (χ3n) is 4.62. The van der Waals surface area contributed by atoms with Gasteiger partial charge >= 0.3 is 0 Å². The molecule has 134 valence electrons. The summed E-state index contributed by atoms with van der Waals surface area (Å²) in [5, 5.41) is 2.92. The quantitative estimate of drug-likeness (QED) is 0.898. The van der Waals surface area contributed by atoms with E-state index in [-0.39, 0.29) is 18.6 Å². The van der Waals surface area contributed by atoms with Gasteiger partial charge in [0, 0.05) is 31.6 Å². The monoisotopic (exact) mass is 352 g/mol. The summed E-state index contributed by atoms with van der Waals surface area (Å²) >= 11 is 0. The van der Waals surface area contributed by atoms with Crippen molar-refractivity contribution in [3.8, 4) is 11.5 Å². The number of nitrogens with zero attached hydrogens (tertiary/aromatic N) is 1. The van der Waals surface area contributed by atoms with Gasteiger partial charge in [0.15, 0.2) is 11.5 Å². The predicted octanol–water partition coefficient (Wildman–Crippen LogP) is 2.47. The highest BCUT2D eigenvalue weighted by Crippen LogP contribution is 2.32. The zero-order chi connectivity index (χ0) is 17.9. The van der Waals surface area contributed by atoms with Crippen molar-refractivity contribution in [1.82, 2.24) is 10.2 Å². The van der Waals surface area contributed by atoms with Gasteiger partial charge in [0.25, 0.3) is 5.91 Å². The van der Waals surface area contributed by atoms with Gasteiger partial charge in [-0.05, 0) is 41.8 Å². The molecule has 0 aromatic heterocycles. The lowest BCUT2D eigenvalue weighted by molar-refractivity contribution is -0.128. The van der Waals surface area contributed by atoms with Crippen LogP contribution in [0.3, 0.4) is 0 Å². The third kappa shape index (κ3) is 3.49. The highest BCUT2D eigenvalue weighted by molar-refractivity contribution is 5.94. The summed E-state index contributed by atoms with van der Waals surface area (Å²) in [7, 11) is 0. The van der Waals surface area contributed by atoms with Crippen LogP contribution in [0.2, 0.25) is 0 Å². The molecular formula is C20H20N2O4. The van der Waals surface area contributed by atoms with E-state index in [0.29, 0.717) is 30.8 Å². The summed E-state index contributed by atoms with van der Waals surface area (Å²) in [5.41, 5.74) is 2.51. The lowest BCUT2D eigenvalue weighted by Crippen LogP contribution is -2.25. The van der Waals surface area contributed by atoms with Gasteiger partial charge in [-0.25, -0.2) is 0 Å². The first-order chi connectivity index (χ1) is 12.7. The maximum atomic E-state index is 12.5. The van der Waals surface area contributed by atoms with E-state index in [4.69, 9.17) is 9.47 Å². The van der Waals surface area contributed by atoms with Crippen LogP contribution in [0.5, 0.6) is 11.5 Å². The molecule has 2 aliphatic rings. The number of nitrogens with one attached hydrogen (secondary N) is 1. The number of carbonyl (C=O) groups excluding carboxylic acids is 2. The molecule has 0 aliphatic carbocycles. The van der Waals surface area contributed by atoms with Gasteiger partial charge in [-0.1, -0.05) is 18.2 Å². The highest BCUT2D eigenvalue weighted by Gasteiger charge is 2.20. The smallest absolute Gasteiger partial charge is 0.251 e. The second-order valence-electron chi connectivity index (χ2n) is 6.49. The van der Waals surface area contributed by atoms with Crippen LogP contribution in [0.4, 0.5) is 0 Å². The van der Waals surface area contributed by atoms with Crippen LogP contribution in [0.25, 0.3) is 0 Å². The van der Waals surface area contributed by atoms with Gasteiger partial charge in [0.2, 0.25) is 12.7 Å². The number of likely N-dealkylation sites (tertiary alicyclic amines) is 1. The molecule has 0 bridgehead atoms. The van der Waals surface area contributed by atoms with Crippen LogP contribution in [-0.4, -0.2) is 30.1 Å². The predicted molar refractivity (Wildman–Crippen MR) is 94.8 cm³/mol. The summed E-state index contributed by atoms with van der Waals surface area (Å²) in [5.74, 6) is 1.47. The van der Waals surface area contributed by atoms with Gasteiger partial charge < -0.3 is 19.7 Å². The number of fused-ring (bicyclic) bond motifs is 1. The topological polar surface area (TPSA) is 67.9 Å². The van der Waals surface area contributed by atoms with Crippen LogP contribution in [0, 0.1) is 0 Å². The Bertz CT molecular complexity index is 849. The van der Waals surface area contributed by atoms with Crippen LogP contribution in [0.15, 0.2) is 42.5 Å². The molecule has 0 saturated carbocycles. The van der Waals surface area contributed by atoms with Crippen molar-refractivity contribution in [2.75, 3.05) is 13.3 Å². The minimum Gasteiger partial charge on any atom is -0.454 e. The first-order valence-corrected chi connectivity index (χ1v) is 8.72. The molecule has 0 atom stereocenters. The summed E-state index contributed by atoms with van der Waals surface area (Å²) in [6.07, 6.45) is 1.53. The van der Waals surface area contributed by atoms with E-state index in [0.717, 1.165) is 29.8 Å². The number of amides is 2. The third-order valence-corrected chi connectivity index (χ3v) is 4.62. The molecule has 1 saturated heterocycles. The summed E-state index contributed by atoms with van der Waals surface area (Å²) < 4.78 is 10.6. The molecule has 0 spiro atoms. The molecule has 2 aromatic rings. The SMILES string of the molecule is O=C(NCc1ccc2c(c1)OCO2)c1cccc(CN2CCCC2=O)c1. The van der Waals surface area contributed by atoms with Crippen LogP contribution < -0.4 is 14.8 Å². The first kappa shape index (κ1) is 16.4. The largest absolute Gasteiger partial charge is 0.454 e. The highest BCUT2D eigenvalue weighted by atomic mass is 16.7. The Labute approximate surface area is 151 Å². The number of carbonyl (C=O) groups is 2. The summed E-state index contributed by atoms with van der Waals surface area (Å²) in [6.45, 7) is 1.99. The van der Waals surface area contributed by atoms with E-state index in [1.165, 1.54) is 0 Å².